The van der Waals surface area contributed by atoms with Gasteiger partial charge in [-0.05, 0) is 67.0 Å². The third-order valence-corrected chi connectivity index (χ3v) is 5.62. The van der Waals surface area contributed by atoms with Gasteiger partial charge in [0.15, 0.2) is 0 Å². The van der Waals surface area contributed by atoms with Gasteiger partial charge in [-0.2, -0.15) is 0 Å². The van der Waals surface area contributed by atoms with E-state index in [-0.39, 0.29) is 22.1 Å². The van der Waals surface area contributed by atoms with Gasteiger partial charge in [0.2, 0.25) is 0 Å². The van der Waals surface area contributed by atoms with Crippen molar-refractivity contribution in [3.63, 3.8) is 0 Å². The number of benzene rings is 2. The molecular formula is C18H15BrClF3. The van der Waals surface area contributed by atoms with Crippen LogP contribution in [0.25, 0.3) is 11.1 Å². The quantitative estimate of drug-likeness (QED) is 0.481. The molecule has 0 radical (unpaired) electrons. The predicted molar refractivity (Wildman–Crippen MR) is 90.7 cm³/mol. The molecule has 3 rings (SSSR count). The Labute approximate surface area is 146 Å². The molecule has 0 unspecified atom stereocenters. The van der Waals surface area contributed by atoms with Crippen molar-refractivity contribution in [1.82, 2.24) is 0 Å². The van der Waals surface area contributed by atoms with E-state index in [9.17, 15) is 13.2 Å². The maximum absolute atomic E-state index is 14.5. The van der Waals surface area contributed by atoms with E-state index < -0.39 is 17.5 Å². The Kier molecular flexibility index (Phi) is 5.02. The lowest BCUT2D eigenvalue weighted by Gasteiger charge is -2.26. The van der Waals surface area contributed by atoms with E-state index in [0.29, 0.717) is 10.4 Å². The van der Waals surface area contributed by atoms with Gasteiger partial charge in [0, 0.05) is 4.83 Å². The van der Waals surface area contributed by atoms with Crippen LogP contribution < -0.4 is 0 Å². The number of halogens is 5. The number of rotatable bonds is 2. The molecule has 0 atom stereocenters. The highest BCUT2D eigenvalue weighted by Gasteiger charge is 2.23. The zero-order valence-electron chi connectivity index (χ0n) is 12.3. The van der Waals surface area contributed by atoms with Gasteiger partial charge in [-0.1, -0.05) is 33.6 Å². The average molecular weight is 404 g/mol. The van der Waals surface area contributed by atoms with E-state index in [4.69, 9.17) is 11.6 Å². The summed E-state index contributed by atoms with van der Waals surface area (Å²) < 4.78 is 42.5. The van der Waals surface area contributed by atoms with Crippen LogP contribution in [0.1, 0.15) is 37.2 Å². The molecule has 5 heteroatoms. The van der Waals surface area contributed by atoms with Crippen LogP contribution in [0.5, 0.6) is 0 Å². The Morgan fingerprint density at radius 2 is 1.48 bits per heavy atom. The molecule has 1 saturated carbocycles. The average Bonchev–Trinajstić information content (AvgIpc) is 2.51. The summed E-state index contributed by atoms with van der Waals surface area (Å²) in [5, 5.41) is -0.0716. The summed E-state index contributed by atoms with van der Waals surface area (Å²) in [6.45, 7) is 0. The molecule has 23 heavy (non-hydrogen) atoms. The number of alkyl halides is 1. The maximum atomic E-state index is 14.5. The lowest BCUT2D eigenvalue weighted by Crippen LogP contribution is -2.13. The van der Waals surface area contributed by atoms with Crippen molar-refractivity contribution in [3.05, 3.63) is 58.4 Å². The fraction of sp³-hybridized carbons (Fsp3) is 0.333. The van der Waals surface area contributed by atoms with Crippen LogP contribution in [0.4, 0.5) is 13.2 Å². The van der Waals surface area contributed by atoms with E-state index in [1.807, 2.05) is 0 Å². The van der Waals surface area contributed by atoms with E-state index >= 15 is 0 Å². The third-order valence-electron chi connectivity index (χ3n) is 4.40. The Morgan fingerprint density at radius 3 is 2.04 bits per heavy atom. The molecule has 0 spiro atoms. The molecule has 0 bridgehead atoms. The van der Waals surface area contributed by atoms with Crippen LogP contribution in [-0.4, -0.2) is 4.83 Å². The van der Waals surface area contributed by atoms with Crippen LogP contribution in [0.2, 0.25) is 5.02 Å². The van der Waals surface area contributed by atoms with E-state index in [0.717, 1.165) is 31.7 Å². The molecule has 0 aromatic heterocycles. The van der Waals surface area contributed by atoms with Gasteiger partial charge in [-0.15, -0.1) is 0 Å². The molecule has 2 aromatic carbocycles. The van der Waals surface area contributed by atoms with Crippen molar-refractivity contribution in [2.24, 2.45) is 0 Å². The van der Waals surface area contributed by atoms with Crippen molar-refractivity contribution in [1.29, 1.82) is 0 Å². The van der Waals surface area contributed by atoms with Crippen LogP contribution in [0.15, 0.2) is 30.3 Å². The topological polar surface area (TPSA) is 0 Å². The summed E-state index contributed by atoms with van der Waals surface area (Å²) in [6.07, 6.45) is 3.81. The summed E-state index contributed by atoms with van der Waals surface area (Å²) in [5.41, 5.74) is 0.619. The van der Waals surface area contributed by atoms with E-state index in [2.05, 4.69) is 15.9 Å². The maximum Gasteiger partial charge on any atom is 0.142 e. The van der Waals surface area contributed by atoms with Crippen molar-refractivity contribution < 1.29 is 13.2 Å². The van der Waals surface area contributed by atoms with Gasteiger partial charge in [0.05, 0.1) is 10.6 Å². The molecular weight excluding hydrogens is 389 g/mol. The Morgan fingerprint density at radius 1 is 0.870 bits per heavy atom. The lowest BCUT2D eigenvalue weighted by atomic mass is 9.83. The van der Waals surface area contributed by atoms with Crippen LogP contribution in [0, 0.1) is 17.5 Å². The normalized spacial score (nSPS) is 21.4. The molecule has 0 heterocycles. The van der Waals surface area contributed by atoms with Crippen molar-refractivity contribution in [3.8, 4) is 11.1 Å². The molecule has 122 valence electrons. The summed E-state index contributed by atoms with van der Waals surface area (Å²) in [5.74, 6) is -1.85. The SMILES string of the molecule is Fc1cc(-c2c(F)cc(C3CCC(Br)CC3)cc2F)ccc1Cl. The first kappa shape index (κ1) is 16.8. The van der Waals surface area contributed by atoms with Gasteiger partial charge < -0.3 is 0 Å². The fourth-order valence-corrected chi connectivity index (χ4v) is 3.79. The zero-order chi connectivity index (χ0) is 16.6. The molecule has 1 fully saturated rings. The molecule has 0 saturated heterocycles. The zero-order valence-corrected chi connectivity index (χ0v) is 14.6. The van der Waals surface area contributed by atoms with E-state index in [1.165, 1.54) is 24.3 Å². The molecule has 0 aliphatic heterocycles. The second-order valence-electron chi connectivity index (χ2n) is 5.94. The predicted octanol–water partition coefficient (Wildman–Crippen LogP) is 6.85. The monoisotopic (exact) mass is 402 g/mol. The van der Waals surface area contributed by atoms with Crippen LogP contribution >= 0.6 is 27.5 Å². The standard InChI is InChI=1S/C18H15BrClF3/c19-13-4-1-10(2-5-13)12-8-16(22)18(17(23)9-12)11-3-6-14(20)15(21)7-11/h3,6-10,13H,1-2,4-5H2. The van der Waals surface area contributed by atoms with Crippen LogP contribution in [0.3, 0.4) is 0 Å². The van der Waals surface area contributed by atoms with E-state index in [1.54, 1.807) is 0 Å². The summed E-state index contributed by atoms with van der Waals surface area (Å²) >= 11 is 9.20. The van der Waals surface area contributed by atoms with Crippen molar-refractivity contribution in [2.45, 2.75) is 36.4 Å². The first-order valence-electron chi connectivity index (χ1n) is 7.54. The summed E-state index contributed by atoms with van der Waals surface area (Å²) in [7, 11) is 0. The molecule has 0 nitrogen and oxygen atoms in total. The van der Waals surface area contributed by atoms with Gasteiger partial charge in [0.25, 0.3) is 0 Å². The lowest BCUT2D eigenvalue weighted by molar-refractivity contribution is 0.453. The van der Waals surface area contributed by atoms with Gasteiger partial charge in [-0.25, -0.2) is 13.2 Å². The molecule has 1 aliphatic carbocycles. The minimum atomic E-state index is -0.692. The first-order chi connectivity index (χ1) is 11.0. The smallest absolute Gasteiger partial charge is 0.142 e. The van der Waals surface area contributed by atoms with Crippen molar-refractivity contribution in [2.75, 3.05) is 0 Å². The van der Waals surface area contributed by atoms with Crippen LogP contribution in [-0.2, 0) is 0 Å². The fourth-order valence-electron chi connectivity index (χ4n) is 3.14. The van der Waals surface area contributed by atoms with Gasteiger partial charge >= 0.3 is 0 Å². The van der Waals surface area contributed by atoms with Gasteiger partial charge in [-0.3, -0.25) is 0 Å². The largest absolute Gasteiger partial charge is 0.206 e. The molecule has 0 N–H and O–H groups in total. The number of hydrogen-bond acceptors (Lipinski definition) is 0. The second kappa shape index (κ2) is 6.86. The Hall–Kier alpha value is -1.00. The highest BCUT2D eigenvalue weighted by Crippen LogP contribution is 2.38. The number of hydrogen-bond donors (Lipinski definition) is 0. The highest BCUT2D eigenvalue weighted by atomic mass is 79.9. The minimum Gasteiger partial charge on any atom is -0.206 e. The summed E-state index contributed by atoms with van der Waals surface area (Å²) in [4.78, 5) is 0.491. The highest BCUT2D eigenvalue weighted by molar-refractivity contribution is 9.09. The second-order valence-corrected chi connectivity index (χ2v) is 7.64. The Bertz CT molecular complexity index is 701. The summed E-state index contributed by atoms with van der Waals surface area (Å²) in [6, 6.07) is 6.53. The van der Waals surface area contributed by atoms with Crippen molar-refractivity contribution >= 4 is 27.5 Å². The molecule has 1 aliphatic rings. The minimum absolute atomic E-state index is 0.0716. The Balaban J connectivity index is 1.95. The molecule has 2 aromatic rings. The molecule has 0 amide bonds. The first-order valence-corrected chi connectivity index (χ1v) is 8.83. The third kappa shape index (κ3) is 3.58. The van der Waals surface area contributed by atoms with Gasteiger partial charge in [0.1, 0.15) is 17.5 Å².